The maximum Gasteiger partial charge on any atom is 0.406 e. The number of hydrogen-bond acceptors (Lipinski definition) is 3. The van der Waals surface area contributed by atoms with Gasteiger partial charge in [-0.25, -0.2) is 4.98 Å². The molecule has 0 aliphatic heterocycles. The summed E-state index contributed by atoms with van der Waals surface area (Å²) in [5.41, 5.74) is 1.09. The second-order valence-electron chi connectivity index (χ2n) is 6.04. The molecule has 26 heavy (non-hydrogen) atoms. The number of hydrogen-bond donors (Lipinski definition) is 1. The Morgan fingerprint density at radius 3 is 2.62 bits per heavy atom. The van der Waals surface area contributed by atoms with E-state index in [0.717, 1.165) is 10.3 Å². The Labute approximate surface area is 148 Å². The first-order chi connectivity index (χ1) is 12.2. The van der Waals surface area contributed by atoms with Crippen molar-refractivity contribution in [1.82, 2.24) is 9.55 Å². The summed E-state index contributed by atoms with van der Waals surface area (Å²) < 4.78 is 39.9. The maximum atomic E-state index is 13.0. The minimum Gasteiger partial charge on any atom is -0.378 e. The number of anilines is 2. The molecule has 0 saturated carbocycles. The van der Waals surface area contributed by atoms with Crippen molar-refractivity contribution in [1.29, 1.82) is 0 Å². The molecule has 0 fully saturated rings. The van der Waals surface area contributed by atoms with Crippen LogP contribution < -0.4 is 10.2 Å². The number of carbonyl (C=O) groups excluding carboxylic acids is 1. The number of alkyl halides is 3. The van der Waals surface area contributed by atoms with E-state index in [4.69, 9.17) is 0 Å². The van der Waals surface area contributed by atoms with E-state index < -0.39 is 18.6 Å². The predicted octanol–water partition coefficient (Wildman–Crippen LogP) is 3.92. The number of carbonyl (C=O) groups is 1. The molecule has 0 atom stereocenters. The lowest BCUT2D eigenvalue weighted by Gasteiger charge is -2.15. The number of fused-ring (bicyclic) bond motifs is 1. The first-order valence-corrected chi connectivity index (χ1v) is 7.84. The predicted molar refractivity (Wildman–Crippen MR) is 94.5 cm³/mol. The smallest absolute Gasteiger partial charge is 0.378 e. The lowest BCUT2D eigenvalue weighted by atomic mass is 10.2. The number of halogens is 3. The molecule has 0 spiro atoms. The summed E-state index contributed by atoms with van der Waals surface area (Å²) in [6.07, 6.45) is -2.92. The average molecular weight is 362 g/mol. The number of para-hydroxylation sites is 1. The Morgan fingerprint density at radius 1 is 1.19 bits per heavy atom. The molecular weight excluding hydrogens is 345 g/mol. The highest BCUT2D eigenvalue weighted by Gasteiger charge is 2.31. The Hall–Kier alpha value is -3.03. The summed E-state index contributed by atoms with van der Waals surface area (Å²) in [6, 6.07) is 11.4. The first-order valence-electron chi connectivity index (χ1n) is 7.84. The second-order valence-corrected chi connectivity index (χ2v) is 6.04. The minimum atomic E-state index is -4.44. The summed E-state index contributed by atoms with van der Waals surface area (Å²) in [4.78, 5) is 18.5. The van der Waals surface area contributed by atoms with Crippen LogP contribution in [0.2, 0.25) is 0 Å². The van der Waals surface area contributed by atoms with Crippen molar-refractivity contribution < 1.29 is 18.0 Å². The second kappa shape index (κ2) is 6.70. The molecule has 0 unspecified atom stereocenters. The summed E-state index contributed by atoms with van der Waals surface area (Å²) in [7, 11) is 3.67. The number of amides is 1. The van der Waals surface area contributed by atoms with E-state index in [2.05, 4.69) is 10.3 Å². The van der Waals surface area contributed by atoms with Crippen LogP contribution in [0.15, 0.2) is 48.7 Å². The van der Waals surface area contributed by atoms with Crippen LogP contribution in [0.3, 0.4) is 0 Å². The summed E-state index contributed by atoms with van der Waals surface area (Å²) in [5.74, 6) is -0.376. The van der Waals surface area contributed by atoms with E-state index in [9.17, 15) is 18.0 Å². The maximum absolute atomic E-state index is 13.0. The third-order valence-electron chi connectivity index (χ3n) is 3.88. The van der Waals surface area contributed by atoms with Gasteiger partial charge in [0.2, 0.25) is 0 Å². The molecule has 1 N–H and O–H groups in total. The standard InChI is InChI=1S/C18H17F3N4O/c1-24(2)13-7-8-22-16(10-13)23-17(26)15-9-12-5-3-4-6-14(12)25(15)11-18(19,20)21/h3-10H,11H2,1-2H3,(H,22,23,26). The van der Waals surface area contributed by atoms with E-state index in [1.807, 2.05) is 19.0 Å². The lowest BCUT2D eigenvalue weighted by molar-refractivity contribution is -0.140. The highest BCUT2D eigenvalue weighted by Crippen LogP contribution is 2.26. The van der Waals surface area contributed by atoms with Gasteiger partial charge in [-0.1, -0.05) is 18.2 Å². The molecule has 0 radical (unpaired) electrons. The van der Waals surface area contributed by atoms with Gasteiger partial charge in [0.15, 0.2) is 0 Å². The zero-order chi connectivity index (χ0) is 18.9. The van der Waals surface area contributed by atoms with Crippen LogP contribution in [0.25, 0.3) is 10.9 Å². The van der Waals surface area contributed by atoms with Gasteiger partial charge in [0.1, 0.15) is 18.1 Å². The molecule has 3 rings (SSSR count). The molecule has 2 heterocycles. The highest BCUT2D eigenvalue weighted by atomic mass is 19.4. The average Bonchev–Trinajstić information content (AvgIpc) is 2.92. The van der Waals surface area contributed by atoms with Crippen molar-refractivity contribution in [3.05, 3.63) is 54.4 Å². The molecule has 136 valence electrons. The van der Waals surface area contributed by atoms with Crippen molar-refractivity contribution in [2.75, 3.05) is 24.3 Å². The molecule has 2 aromatic heterocycles. The Morgan fingerprint density at radius 2 is 1.92 bits per heavy atom. The van der Waals surface area contributed by atoms with Crippen molar-refractivity contribution in [2.24, 2.45) is 0 Å². The van der Waals surface area contributed by atoms with E-state index in [1.54, 1.807) is 36.4 Å². The lowest BCUT2D eigenvalue weighted by Crippen LogP contribution is -2.24. The van der Waals surface area contributed by atoms with Gasteiger partial charge in [0.05, 0.1) is 0 Å². The molecule has 0 bridgehead atoms. The molecular formula is C18H17F3N4O. The molecule has 0 aliphatic carbocycles. The zero-order valence-electron chi connectivity index (χ0n) is 14.2. The molecule has 3 aromatic rings. The Balaban J connectivity index is 1.97. The molecule has 0 aliphatic rings. The van der Waals surface area contributed by atoms with Crippen molar-refractivity contribution in [3.8, 4) is 0 Å². The molecule has 8 heteroatoms. The number of nitrogens with zero attached hydrogens (tertiary/aromatic N) is 3. The van der Waals surface area contributed by atoms with Gasteiger partial charge in [-0.05, 0) is 18.2 Å². The topological polar surface area (TPSA) is 50.2 Å². The minimum absolute atomic E-state index is 0.0689. The van der Waals surface area contributed by atoms with Crippen LogP contribution in [-0.2, 0) is 6.54 Å². The van der Waals surface area contributed by atoms with E-state index in [1.165, 1.54) is 12.3 Å². The van der Waals surface area contributed by atoms with Crippen LogP contribution in [0, 0.1) is 0 Å². The molecule has 0 saturated heterocycles. The van der Waals surface area contributed by atoms with Gasteiger partial charge >= 0.3 is 6.18 Å². The van der Waals surface area contributed by atoms with Crippen molar-refractivity contribution >= 4 is 28.3 Å². The number of pyridine rings is 1. The number of benzene rings is 1. The Bertz CT molecular complexity index is 947. The van der Waals surface area contributed by atoms with Gasteiger partial charge in [0.25, 0.3) is 5.91 Å². The van der Waals surface area contributed by atoms with E-state index in [0.29, 0.717) is 10.9 Å². The van der Waals surface area contributed by atoms with Crippen LogP contribution in [0.4, 0.5) is 24.7 Å². The molecule has 5 nitrogen and oxygen atoms in total. The van der Waals surface area contributed by atoms with Gasteiger partial charge in [-0.3, -0.25) is 4.79 Å². The van der Waals surface area contributed by atoms with Gasteiger partial charge in [-0.15, -0.1) is 0 Å². The SMILES string of the molecule is CN(C)c1ccnc(NC(=O)c2cc3ccccc3n2CC(F)(F)F)c1. The fourth-order valence-electron chi connectivity index (χ4n) is 2.69. The normalized spacial score (nSPS) is 11.6. The summed E-state index contributed by atoms with van der Waals surface area (Å²) in [5, 5.41) is 3.14. The van der Waals surface area contributed by atoms with Crippen LogP contribution >= 0.6 is 0 Å². The highest BCUT2D eigenvalue weighted by molar-refractivity contribution is 6.06. The monoisotopic (exact) mass is 362 g/mol. The fourth-order valence-corrected chi connectivity index (χ4v) is 2.69. The van der Waals surface area contributed by atoms with E-state index >= 15 is 0 Å². The largest absolute Gasteiger partial charge is 0.406 e. The van der Waals surface area contributed by atoms with E-state index in [-0.39, 0.29) is 11.5 Å². The van der Waals surface area contributed by atoms with Crippen LogP contribution in [-0.4, -0.2) is 35.7 Å². The number of rotatable bonds is 4. The van der Waals surface area contributed by atoms with Gasteiger partial charge < -0.3 is 14.8 Å². The van der Waals surface area contributed by atoms with Crippen molar-refractivity contribution in [2.45, 2.75) is 12.7 Å². The number of aromatic nitrogens is 2. The third-order valence-corrected chi connectivity index (χ3v) is 3.88. The quantitative estimate of drug-likeness (QED) is 0.765. The molecule has 1 amide bonds. The zero-order valence-corrected chi connectivity index (χ0v) is 14.2. The number of nitrogens with one attached hydrogen (secondary N) is 1. The van der Waals surface area contributed by atoms with Gasteiger partial charge in [0, 0.05) is 42.9 Å². The van der Waals surface area contributed by atoms with Gasteiger partial charge in [-0.2, -0.15) is 13.2 Å². The van der Waals surface area contributed by atoms with Crippen molar-refractivity contribution in [3.63, 3.8) is 0 Å². The summed E-state index contributed by atoms with van der Waals surface area (Å²) in [6.45, 7) is -1.24. The molecule has 1 aromatic carbocycles. The Kier molecular flexibility index (Phi) is 4.58. The first kappa shape index (κ1) is 17.8. The fraction of sp³-hybridized carbons (Fsp3) is 0.222. The third kappa shape index (κ3) is 3.79. The van der Waals surface area contributed by atoms with Crippen LogP contribution in [0.5, 0.6) is 0 Å². The van der Waals surface area contributed by atoms with Crippen LogP contribution in [0.1, 0.15) is 10.5 Å². The summed E-state index contributed by atoms with van der Waals surface area (Å²) >= 11 is 0.